The minimum Gasteiger partial charge on any atom is -0.484 e. The van der Waals surface area contributed by atoms with E-state index in [1.54, 1.807) is 0 Å². The summed E-state index contributed by atoms with van der Waals surface area (Å²) in [6.07, 6.45) is 0. The minimum absolute atomic E-state index is 0.0128. The van der Waals surface area contributed by atoms with E-state index in [1.807, 2.05) is 56.3 Å². The molecule has 0 aliphatic carbocycles. The van der Waals surface area contributed by atoms with Gasteiger partial charge in [0.15, 0.2) is 6.61 Å². The number of nitrogens with one attached hydrogen (secondary N) is 1. The van der Waals surface area contributed by atoms with Crippen molar-refractivity contribution in [3.05, 3.63) is 59.2 Å². The maximum Gasteiger partial charge on any atom is 0.262 e. The molecule has 2 aromatic rings. The van der Waals surface area contributed by atoms with Gasteiger partial charge in [-0.3, -0.25) is 4.79 Å². The van der Waals surface area contributed by atoms with Crippen LogP contribution in [0.25, 0.3) is 0 Å². The van der Waals surface area contributed by atoms with Crippen molar-refractivity contribution in [1.82, 2.24) is 0 Å². The lowest BCUT2D eigenvalue weighted by Gasteiger charge is -2.09. The molecule has 0 unspecified atom stereocenters. The van der Waals surface area contributed by atoms with E-state index in [2.05, 4.69) is 5.32 Å². The SMILES string of the molecule is Cc1ccc(OCC(=O)Nc2ccc(CN)cc2)cc1C. The van der Waals surface area contributed by atoms with Gasteiger partial charge in [-0.2, -0.15) is 0 Å². The molecular weight excluding hydrogens is 264 g/mol. The summed E-state index contributed by atoms with van der Waals surface area (Å²) in [5.41, 5.74) is 9.64. The fourth-order valence-corrected chi connectivity index (χ4v) is 1.87. The van der Waals surface area contributed by atoms with Gasteiger partial charge in [-0.05, 0) is 54.8 Å². The van der Waals surface area contributed by atoms with Crippen LogP contribution in [0.15, 0.2) is 42.5 Å². The first-order chi connectivity index (χ1) is 10.1. The average Bonchev–Trinajstić information content (AvgIpc) is 2.49. The van der Waals surface area contributed by atoms with Crippen molar-refractivity contribution in [1.29, 1.82) is 0 Å². The van der Waals surface area contributed by atoms with Gasteiger partial charge in [0.05, 0.1) is 0 Å². The largest absolute Gasteiger partial charge is 0.484 e. The standard InChI is InChI=1S/C17H20N2O2/c1-12-3-8-16(9-13(12)2)21-11-17(20)19-15-6-4-14(10-18)5-7-15/h3-9H,10-11,18H2,1-2H3,(H,19,20). The van der Waals surface area contributed by atoms with Crippen molar-refractivity contribution in [2.75, 3.05) is 11.9 Å². The Balaban J connectivity index is 1.87. The van der Waals surface area contributed by atoms with Crippen LogP contribution >= 0.6 is 0 Å². The Labute approximate surface area is 124 Å². The van der Waals surface area contributed by atoms with Gasteiger partial charge in [0.1, 0.15) is 5.75 Å². The molecule has 0 radical (unpaired) electrons. The first-order valence-electron chi connectivity index (χ1n) is 6.87. The van der Waals surface area contributed by atoms with Gasteiger partial charge >= 0.3 is 0 Å². The lowest BCUT2D eigenvalue weighted by atomic mass is 10.1. The highest BCUT2D eigenvalue weighted by molar-refractivity contribution is 5.91. The molecule has 4 heteroatoms. The lowest BCUT2D eigenvalue weighted by molar-refractivity contribution is -0.118. The molecule has 0 saturated heterocycles. The summed E-state index contributed by atoms with van der Waals surface area (Å²) in [5.74, 6) is 0.514. The number of aryl methyl sites for hydroxylation is 2. The third-order valence-electron chi connectivity index (χ3n) is 3.32. The van der Waals surface area contributed by atoms with E-state index in [1.165, 1.54) is 5.56 Å². The van der Waals surface area contributed by atoms with E-state index in [0.717, 1.165) is 16.8 Å². The fraction of sp³-hybridized carbons (Fsp3) is 0.235. The molecule has 110 valence electrons. The molecule has 1 amide bonds. The zero-order chi connectivity index (χ0) is 15.2. The van der Waals surface area contributed by atoms with E-state index >= 15 is 0 Å². The Morgan fingerprint density at radius 3 is 2.43 bits per heavy atom. The second-order valence-electron chi connectivity index (χ2n) is 4.98. The van der Waals surface area contributed by atoms with Crippen molar-refractivity contribution < 1.29 is 9.53 Å². The summed E-state index contributed by atoms with van der Waals surface area (Å²) >= 11 is 0. The van der Waals surface area contributed by atoms with Crippen LogP contribution in [0.4, 0.5) is 5.69 Å². The summed E-state index contributed by atoms with van der Waals surface area (Å²) in [6.45, 7) is 4.53. The molecule has 4 nitrogen and oxygen atoms in total. The topological polar surface area (TPSA) is 64.3 Å². The number of benzene rings is 2. The van der Waals surface area contributed by atoms with E-state index in [-0.39, 0.29) is 12.5 Å². The van der Waals surface area contributed by atoms with Gasteiger partial charge in [0, 0.05) is 12.2 Å². The third-order valence-corrected chi connectivity index (χ3v) is 3.32. The number of anilines is 1. The number of hydrogen-bond acceptors (Lipinski definition) is 3. The molecule has 0 bridgehead atoms. The molecule has 21 heavy (non-hydrogen) atoms. The van der Waals surface area contributed by atoms with Gasteiger partial charge in [-0.1, -0.05) is 18.2 Å². The van der Waals surface area contributed by atoms with Crippen molar-refractivity contribution >= 4 is 11.6 Å². The zero-order valence-electron chi connectivity index (χ0n) is 12.3. The molecule has 0 saturated carbocycles. The zero-order valence-corrected chi connectivity index (χ0v) is 12.3. The van der Waals surface area contributed by atoms with Crippen molar-refractivity contribution in [2.45, 2.75) is 20.4 Å². The molecule has 0 spiro atoms. The van der Waals surface area contributed by atoms with E-state index < -0.39 is 0 Å². The number of nitrogens with two attached hydrogens (primary N) is 1. The van der Waals surface area contributed by atoms with E-state index in [4.69, 9.17) is 10.5 Å². The second-order valence-corrected chi connectivity index (χ2v) is 4.98. The summed E-state index contributed by atoms with van der Waals surface area (Å²) in [5, 5.41) is 2.78. The van der Waals surface area contributed by atoms with Crippen LogP contribution in [0, 0.1) is 13.8 Å². The molecular formula is C17H20N2O2. The van der Waals surface area contributed by atoms with Gasteiger partial charge in [-0.25, -0.2) is 0 Å². The molecule has 0 heterocycles. The first-order valence-corrected chi connectivity index (χ1v) is 6.87. The molecule has 2 aromatic carbocycles. The van der Waals surface area contributed by atoms with E-state index in [0.29, 0.717) is 12.3 Å². The highest BCUT2D eigenvalue weighted by atomic mass is 16.5. The Hall–Kier alpha value is -2.33. The number of amides is 1. The molecule has 0 aliphatic rings. The van der Waals surface area contributed by atoms with Crippen LogP contribution < -0.4 is 15.8 Å². The smallest absolute Gasteiger partial charge is 0.262 e. The van der Waals surface area contributed by atoms with Crippen LogP contribution in [0.5, 0.6) is 5.75 Å². The van der Waals surface area contributed by atoms with Crippen LogP contribution in [0.1, 0.15) is 16.7 Å². The highest BCUT2D eigenvalue weighted by Gasteiger charge is 2.04. The van der Waals surface area contributed by atoms with Gasteiger partial charge in [0.25, 0.3) is 5.91 Å². The molecule has 0 aromatic heterocycles. The Bertz CT molecular complexity index is 621. The van der Waals surface area contributed by atoms with Crippen molar-refractivity contribution in [2.24, 2.45) is 5.73 Å². The summed E-state index contributed by atoms with van der Waals surface area (Å²) in [7, 11) is 0. The number of carbonyl (C=O) groups is 1. The maximum absolute atomic E-state index is 11.8. The number of rotatable bonds is 5. The fourth-order valence-electron chi connectivity index (χ4n) is 1.87. The number of ether oxygens (including phenoxy) is 1. The van der Waals surface area contributed by atoms with Crippen LogP contribution in [-0.4, -0.2) is 12.5 Å². The Kier molecular flexibility index (Phi) is 4.95. The van der Waals surface area contributed by atoms with Gasteiger partial charge in [-0.15, -0.1) is 0 Å². The quantitative estimate of drug-likeness (QED) is 0.887. The Morgan fingerprint density at radius 1 is 1.10 bits per heavy atom. The average molecular weight is 284 g/mol. The predicted molar refractivity (Wildman–Crippen MR) is 84.4 cm³/mol. The Morgan fingerprint density at radius 2 is 1.81 bits per heavy atom. The molecule has 0 fully saturated rings. The molecule has 0 aliphatic heterocycles. The van der Waals surface area contributed by atoms with Crippen LogP contribution in [-0.2, 0) is 11.3 Å². The van der Waals surface area contributed by atoms with Gasteiger partial charge in [0.2, 0.25) is 0 Å². The van der Waals surface area contributed by atoms with Gasteiger partial charge < -0.3 is 15.8 Å². The van der Waals surface area contributed by atoms with Crippen molar-refractivity contribution in [3.63, 3.8) is 0 Å². The van der Waals surface area contributed by atoms with Crippen LogP contribution in [0.3, 0.4) is 0 Å². The van der Waals surface area contributed by atoms with E-state index in [9.17, 15) is 4.79 Å². The lowest BCUT2D eigenvalue weighted by Crippen LogP contribution is -2.20. The number of carbonyl (C=O) groups excluding carboxylic acids is 1. The third kappa shape index (κ3) is 4.33. The van der Waals surface area contributed by atoms with Crippen LogP contribution in [0.2, 0.25) is 0 Å². The second kappa shape index (κ2) is 6.90. The first kappa shape index (κ1) is 15.1. The summed E-state index contributed by atoms with van der Waals surface area (Å²) in [4.78, 5) is 11.8. The minimum atomic E-state index is -0.186. The monoisotopic (exact) mass is 284 g/mol. The molecule has 0 atom stereocenters. The summed E-state index contributed by atoms with van der Waals surface area (Å²) in [6, 6.07) is 13.2. The molecule has 2 rings (SSSR count). The maximum atomic E-state index is 11.8. The molecule has 3 N–H and O–H groups in total. The normalized spacial score (nSPS) is 10.2. The highest BCUT2D eigenvalue weighted by Crippen LogP contribution is 2.16. The predicted octanol–water partition coefficient (Wildman–Crippen LogP) is 2.78. The summed E-state index contributed by atoms with van der Waals surface area (Å²) < 4.78 is 5.49. The number of hydrogen-bond donors (Lipinski definition) is 2. The van der Waals surface area contributed by atoms with Crippen molar-refractivity contribution in [3.8, 4) is 5.75 Å².